The maximum Gasteiger partial charge on any atom is 0.433 e. The Morgan fingerprint density at radius 1 is 0.938 bits per heavy atom. The summed E-state index contributed by atoms with van der Waals surface area (Å²) in [5.74, 6) is -0.587. The molecule has 1 aliphatic heterocycles. The maximum absolute atomic E-state index is 13.3. The molecule has 6 rings (SSSR count). The summed E-state index contributed by atoms with van der Waals surface area (Å²) in [5, 5.41) is 13.7. The molecule has 0 aliphatic carbocycles. The average molecular weight is 658 g/mol. The molecule has 2 aromatic heterocycles. The number of carbonyl (C=O) groups is 1. The molecule has 48 heavy (non-hydrogen) atoms. The van der Waals surface area contributed by atoms with Crippen molar-refractivity contribution in [2.24, 2.45) is 5.92 Å². The fourth-order valence-electron chi connectivity index (χ4n) is 5.89. The standard InChI is InChI=1S/C36H34F3N5O4/c1-35(2,3)27-13-11-23(12-14-27)22-7-9-24(10-8-22)33-42-31(48-43-33)21-47-28-6-4-5-25(17-28)29-20-44(19-26(29)18-32(45)46)34-40-16-15-30(41-34)36(37,38)39/h4-17,26,29H,18-21H2,1-3H3,(H,45,46)/t26-,29-/m0/s1. The molecule has 0 radical (unpaired) electrons. The molecule has 0 spiro atoms. The van der Waals surface area contributed by atoms with Gasteiger partial charge in [0.15, 0.2) is 6.61 Å². The molecule has 2 atom stereocenters. The Morgan fingerprint density at radius 2 is 1.62 bits per heavy atom. The minimum atomic E-state index is -4.62. The van der Waals surface area contributed by atoms with Crippen LogP contribution in [0.5, 0.6) is 5.75 Å². The van der Waals surface area contributed by atoms with Gasteiger partial charge < -0.3 is 19.3 Å². The van der Waals surface area contributed by atoms with Crippen molar-refractivity contribution >= 4 is 11.9 Å². The molecular weight excluding hydrogens is 623 g/mol. The number of hydrogen-bond acceptors (Lipinski definition) is 8. The number of aliphatic carboxylic acids is 1. The predicted octanol–water partition coefficient (Wildman–Crippen LogP) is 7.78. The fraction of sp³-hybridized carbons (Fsp3) is 0.306. The van der Waals surface area contributed by atoms with Crippen LogP contribution in [0.25, 0.3) is 22.5 Å². The first-order valence-corrected chi connectivity index (χ1v) is 15.5. The predicted molar refractivity (Wildman–Crippen MR) is 172 cm³/mol. The minimum absolute atomic E-state index is 0.00207. The van der Waals surface area contributed by atoms with Gasteiger partial charge in [0.05, 0.1) is 6.42 Å². The molecule has 12 heteroatoms. The van der Waals surface area contributed by atoms with E-state index in [1.54, 1.807) is 23.1 Å². The summed E-state index contributed by atoms with van der Waals surface area (Å²) in [6.45, 7) is 7.00. The van der Waals surface area contributed by atoms with Gasteiger partial charge in [-0.05, 0) is 51.8 Å². The lowest BCUT2D eigenvalue weighted by molar-refractivity contribution is -0.141. The van der Waals surface area contributed by atoms with Crippen LogP contribution in [-0.2, 0) is 23.0 Å². The van der Waals surface area contributed by atoms with E-state index in [-0.39, 0.29) is 55.2 Å². The third-order valence-electron chi connectivity index (χ3n) is 8.44. The Morgan fingerprint density at radius 3 is 2.29 bits per heavy atom. The summed E-state index contributed by atoms with van der Waals surface area (Å²) < 4.78 is 51.2. The van der Waals surface area contributed by atoms with Gasteiger partial charge in [0, 0.05) is 30.8 Å². The topological polar surface area (TPSA) is 114 Å². The summed E-state index contributed by atoms with van der Waals surface area (Å²) in [6.07, 6.45) is -3.73. The van der Waals surface area contributed by atoms with Crippen LogP contribution >= 0.6 is 0 Å². The molecule has 3 aromatic carbocycles. The molecule has 1 saturated heterocycles. The van der Waals surface area contributed by atoms with Gasteiger partial charge in [-0.1, -0.05) is 86.6 Å². The molecular formula is C36H34F3N5O4. The summed E-state index contributed by atoms with van der Waals surface area (Å²) in [4.78, 5) is 25.5. The molecule has 1 N–H and O–H groups in total. The largest absolute Gasteiger partial charge is 0.484 e. The third-order valence-corrected chi connectivity index (χ3v) is 8.44. The van der Waals surface area contributed by atoms with Gasteiger partial charge in [-0.25, -0.2) is 9.97 Å². The van der Waals surface area contributed by atoms with Gasteiger partial charge >= 0.3 is 12.1 Å². The first-order valence-electron chi connectivity index (χ1n) is 15.5. The van der Waals surface area contributed by atoms with E-state index in [0.717, 1.165) is 34.5 Å². The van der Waals surface area contributed by atoms with Gasteiger partial charge in [-0.15, -0.1) is 0 Å². The van der Waals surface area contributed by atoms with Gasteiger partial charge in [-0.2, -0.15) is 18.2 Å². The second-order valence-electron chi connectivity index (χ2n) is 12.9. The van der Waals surface area contributed by atoms with E-state index in [1.165, 1.54) is 5.56 Å². The molecule has 1 aliphatic rings. The maximum atomic E-state index is 13.3. The van der Waals surface area contributed by atoms with E-state index in [0.29, 0.717) is 11.6 Å². The number of carboxylic acids is 1. The second-order valence-corrected chi connectivity index (χ2v) is 12.9. The van der Waals surface area contributed by atoms with Crippen LogP contribution in [0.15, 0.2) is 89.6 Å². The lowest BCUT2D eigenvalue weighted by atomic mass is 9.86. The molecule has 5 aromatic rings. The molecule has 0 amide bonds. The lowest BCUT2D eigenvalue weighted by Crippen LogP contribution is -2.24. The van der Waals surface area contributed by atoms with Crippen LogP contribution in [0.2, 0.25) is 0 Å². The molecule has 3 heterocycles. The zero-order valence-electron chi connectivity index (χ0n) is 26.6. The summed E-state index contributed by atoms with van der Waals surface area (Å²) in [6, 6.07) is 24.4. The van der Waals surface area contributed by atoms with Gasteiger partial charge in [0.1, 0.15) is 11.4 Å². The number of benzene rings is 3. The van der Waals surface area contributed by atoms with E-state index >= 15 is 0 Å². The first kappa shape index (κ1) is 32.7. The van der Waals surface area contributed by atoms with Crippen molar-refractivity contribution < 1.29 is 32.3 Å². The monoisotopic (exact) mass is 657 g/mol. The smallest absolute Gasteiger partial charge is 0.433 e. The number of carboxylic acid groups (broad SMARTS) is 1. The Balaban J connectivity index is 1.12. The van der Waals surface area contributed by atoms with Crippen LogP contribution in [0.3, 0.4) is 0 Å². The van der Waals surface area contributed by atoms with Crippen molar-refractivity contribution in [3.63, 3.8) is 0 Å². The van der Waals surface area contributed by atoms with Crippen molar-refractivity contribution in [1.29, 1.82) is 0 Å². The van der Waals surface area contributed by atoms with Crippen molar-refractivity contribution in [3.8, 4) is 28.3 Å². The summed E-state index contributed by atoms with van der Waals surface area (Å²) in [5.41, 5.74) is 4.07. The number of nitrogens with zero attached hydrogens (tertiary/aromatic N) is 5. The SMILES string of the molecule is CC(C)(C)c1ccc(-c2ccc(-c3noc(COc4cccc([C@@H]5CN(c6nccc(C(F)(F)F)n6)C[C@@H]5CC(=O)O)c4)n3)cc2)cc1. The lowest BCUT2D eigenvalue weighted by Gasteiger charge is -2.19. The Labute approximate surface area is 275 Å². The number of halogens is 3. The minimum Gasteiger partial charge on any atom is -0.484 e. The number of rotatable bonds is 9. The quantitative estimate of drug-likeness (QED) is 0.170. The number of anilines is 1. The first-order chi connectivity index (χ1) is 22.8. The molecule has 1 fully saturated rings. The molecule has 0 bridgehead atoms. The molecule has 0 unspecified atom stereocenters. The van der Waals surface area contributed by atoms with Crippen LogP contribution in [0.4, 0.5) is 19.1 Å². The highest BCUT2D eigenvalue weighted by molar-refractivity contribution is 5.68. The number of ether oxygens (including phenoxy) is 1. The molecule has 0 saturated carbocycles. The summed E-state index contributed by atoms with van der Waals surface area (Å²) >= 11 is 0. The Bertz CT molecular complexity index is 1890. The number of alkyl halides is 3. The van der Waals surface area contributed by atoms with Gasteiger partial charge in [0.2, 0.25) is 11.8 Å². The van der Waals surface area contributed by atoms with Crippen LogP contribution in [0.1, 0.15) is 55.8 Å². The number of hydrogen-bond donors (Lipinski definition) is 1. The van der Waals surface area contributed by atoms with Crippen molar-refractivity contribution in [1.82, 2.24) is 20.1 Å². The van der Waals surface area contributed by atoms with Crippen molar-refractivity contribution in [2.45, 2.75) is 51.3 Å². The van der Waals surface area contributed by atoms with Gasteiger partial charge in [-0.3, -0.25) is 4.79 Å². The summed E-state index contributed by atoms with van der Waals surface area (Å²) in [7, 11) is 0. The fourth-order valence-corrected chi connectivity index (χ4v) is 5.89. The highest BCUT2D eigenvalue weighted by Crippen LogP contribution is 2.38. The van der Waals surface area contributed by atoms with Crippen molar-refractivity contribution in [3.05, 3.63) is 108 Å². The van der Waals surface area contributed by atoms with E-state index in [2.05, 4.69) is 65.1 Å². The Hall–Kier alpha value is -5.26. The highest BCUT2D eigenvalue weighted by atomic mass is 19.4. The van der Waals surface area contributed by atoms with Crippen molar-refractivity contribution in [2.75, 3.05) is 18.0 Å². The molecule has 248 valence electrons. The highest BCUT2D eigenvalue weighted by Gasteiger charge is 2.38. The van der Waals surface area contributed by atoms with E-state index < -0.39 is 17.8 Å². The number of aromatic nitrogens is 4. The van der Waals surface area contributed by atoms with Crippen LogP contribution in [-0.4, -0.2) is 44.3 Å². The van der Waals surface area contributed by atoms with Crippen LogP contribution in [0, 0.1) is 5.92 Å². The van der Waals surface area contributed by atoms with E-state index in [9.17, 15) is 23.1 Å². The third kappa shape index (κ3) is 7.48. The average Bonchev–Trinajstić information content (AvgIpc) is 3.71. The molecule has 9 nitrogen and oxygen atoms in total. The zero-order valence-corrected chi connectivity index (χ0v) is 26.6. The van der Waals surface area contributed by atoms with E-state index in [1.807, 2.05) is 30.3 Å². The Kier molecular flexibility index (Phi) is 8.91. The zero-order chi connectivity index (χ0) is 34.1. The normalized spacial score (nSPS) is 16.7. The second kappa shape index (κ2) is 13.1. The van der Waals surface area contributed by atoms with Gasteiger partial charge in [0.25, 0.3) is 5.89 Å². The van der Waals surface area contributed by atoms with E-state index in [4.69, 9.17) is 9.26 Å². The van der Waals surface area contributed by atoms with Crippen LogP contribution < -0.4 is 9.64 Å².